The number of rotatable bonds is 4. The second kappa shape index (κ2) is 7.27. The summed E-state index contributed by atoms with van der Waals surface area (Å²) in [4.78, 5) is 30.5. The summed E-state index contributed by atoms with van der Waals surface area (Å²) in [6.45, 7) is 5.22. The molecule has 0 bridgehead atoms. The minimum Gasteiger partial charge on any atom is -0.369 e. The zero-order chi connectivity index (χ0) is 18.1. The van der Waals surface area contributed by atoms with Gasteiger partial charge in [-0.05, 0) is 50.8 Å². The summed E-state index contributed by atoms with van der Waals surface area (Å²) >= 11 is 0. The minimum absolute atomic E-state index is 0.133. The van der Waals surface area contributed by atoms with Gasteiger partial charge in [0.15, 0.2) is 5.65 Å². The predicted molar refractivity (Wildman–Crippen MR) is 102 cm³/mol. The van der Waals surface area contributed by atoms with Crippen molar-refractivity contribution in [3.63, 3.8) is 0 Å². The van der Waals surface area contributed by atoms with Crippen LogP contribution < -0.4 is 4.90 Å². The Balaban J connectivity index is 1.52. The number of nitrogens with zero attached hydrogens (tertiary/aromatic N) is 5. The van der Waals surface area contributed by atoms with E-state index in [1.165, 1.54) is 0 Å². The van der Waals surface area contributed by atoms with Crippen molar-refractivity contribution in [2.24, 2.45) is 11.8 Å². The van der Waals surface area contributed by atoms with E-state index in [4.69, 9.17) is 0 Å². The molecule has 4 heterocycles. The number of pyridine rings is 1. The molecule has 2 saturated heterocycles. The van der Waals surface area contributed by atoms with Gasteiger partial charge in [-0.1, -0.05) is 6.92 Å². The Hall–Kier alpha value is -2.08. The zero-order valence-electron chi connectivity index (χ0n) is 15.6. The maximum Gasteiger partial charge on any atom is 0.180 e. The molecule has 0 amide bonds. The number of Topliss-reactive ketones (excluding diaryl/α,β-unsaturated/α-hetero) is 1. The van der Waals surface area contributed by atoms with Crippen LogP contribution in [0, 0.1) is 11.8 Å². The lowest BCUT2D eigenvalue weighted by atomic mass is 9.85. The normalized spacial score (nSPS) is 27.2. The molecular weight excluding hydrogens is 326 g/mol. The Bertz CT molecular complexity index is 789. The fourth-order valence-corrected chi connectivity index (χ4v) is 4.68. The molecule has 2 aliphatic rings. The minimum atomic E-state index is 0.133. The standard InChI is InChI=1S/C20H27N5O/c1-14-10-15(11-18(26)16-4-3-9-24(16)2)13-25(12-14)17-5-6-22-20-19(17)21-7-8-23-20/h5-8,14-16H,3-4,9-13H2,1-2H3/t14-,15-,16?/m0/s1. The van der Waals surface area contributed by atoms with Crippen molar-refractivity contribution in [1.82, 2.24) is 19.9 Å². The van der Waals surface area contributed by atoms with Crippen LogP contribution >= 0.6 is 0 Å². The number of ketones is 1. The van der Waals surface area contributed by atoms with E-state index in [9.17, 15) is 4.79 Å². The quantitative estimate of drug-likeness (QED) is 0.842. The topological polar surface area (TPSA) is 62.2 Å². The highest BCUT2D eigenvalue weighted by Crippen LogP contribution is 2.32. The Morgan fingerprint density at radius 1 is 1.19 bits per heavy atom. The largest absolute Gasteiger partial charge is 0.369 e. The van der Waals surface area contributed by atoms with Gasteiger partial charge in [0.2, 0.25) is 0 Å². The predicted octanol–water partition coefficient (Wildman–Crippen LogP) is 2.54. The van der Waals surface area contributed by atoms with Crippen LogP contribution in [-0.4, -0.2) is 58.4 Å². The van der Waals surface area contributed by atoms with Crippen LogP contribution in [0.1, 0.15) is 32.6 Å². The molecule has 6 nitrogen and oxygen atoms in total. The Morgan fingerprint density at radius 2 is 2.00 bits per heavy atom. The molecule has 0 saturated carbocycles. The summed E-state index contributed by atoms with van der Waals surface area (Å²) < 4.78 is 0. The van der Waals surface area contributed by atoms with Crippen LogP contribution in [0.2, 0.25) is 0 Å². The molecule has 0 spiro atoms. The molecule has 3 atom stereocenters. The summed E-state index contributed by atoms with van der Waals surface area (Å²) in [6, 6.07) is 2.16. The molecule has 0 N–H and O–H groups in total. The first-order valence-corrected chi connectivity index (χ1v) is 9.65. The molecule has 2 aromatic rings. The zero-order valence-corrected chi connectivity index (χ0v) is 15.6. The van der Waals surface area contributed by atoms with Crippen LogP contribution in [-0.2, 0) is 4.79 Å². The number of piperidine rings is 1. The van der Waals surface area contributed by atoms with E-state index in [-0.39, 0.29) is 6.04 Å². The van der Waals surface area contributed by atoms with E-state index in [2.05, 4.69) is 38.7 Å². The highest BCUT2D eigenvalue weighted by molar-refractivity contribution is 5.86. The van der Waals surface area contributed by atoms with Gasteiger partial charge in [0, 0.05) is 38.1 Å². The van der Waals surface area contributed by atoms with E-state index in [0.29, 0.717) is 29.7 Å². The van der Waals surface area contributed by atoms with Gasteiger partial charge in [0.1, 0.15) is 11.3 Å². The smallest absolute Gasteiger partial charge is 0.180 e. The monoisotopic (exact) mass is 353 g/mol. The first kappa shape index (κ1) is 17.3. The molecule has 138 valence electrons. The number of anilines is 1. The average Bonchev–Trinajstić information content (AvgIpc) is 3.07. The van der Waals surface area contributed by atoms with Crippen molar-refractivity contribution in [1.29, 1.82) is 0 Å². The number of carbonyl (C=O) groups excluding carboxylic acids is 1. The lowest BCUT2D eigenvalue weighted by Gasteiger charge is -2.38. The summed E-state index contributed by atoms with van der Waals surface area (Å²) in [5, 5.41) is 0. The third-order valence-electron chi connectivity index (χ3n) is 5.82. The first-order valence-electron chi connectivity index (χ1n) is 9.65. The molecule has 4 rings (SSSR count). The highest BCUT2D eigenvalue weighted by atomic mass is 16.1. The van der Waals surface area contributed by atoms with E-state index in [1.807, 2.05) is 6.07 Å². The van der Waals surface area contributed by atoms with Gasteiger partial charge in [-0.2, -0.15) is 0 Å². The van der Waals surface area contributed by atoms with Crippen LogP contribution in [0.4, 0.5) is 5.69 Å². The number of hydrogen-bond acceptors (Lipinski definition) is 6. The summed E-state index contributed by atoms with van der Waals surface area (Å²) in [6.07, 6.45) is 9.17. The van der Waals surface area contributed by atoms with Gasteiger partial charge in [0.25, 0.3) is 0 Å². The number of likely N-dealkylation sites (N-methyl/N-ethyl adjacent to an activating group) is 1. The third kappa shape index (κ3) is 3.43. The number of likely N-dealkylation sites (tertiary alicyclic amines) is 1. The van der Waals surface area contributed by atoms with Gasteiger partial charge in [-0.25, -0.2) is 15.0 Å². The lowest BCUT2D eigenvalue weighted by Crippen LogP contribution is -2.42. The van der Waals surface area contributed by atoms with Crippen molar-refractivity contribution in [2.75, 3.05) is 31.6 Å². The fraction of sp³-hybridized carbons (Fsp3) is 0.600. The summed E-state index contributed by atoms with van der Waals surface area (Å²) in [5.74, 6) is 1.38. The van der Waals surface area contributed by atoms with Crippen molar-refractivity contribution in [3.8, 4) is 0 Å². The molecule has 6 heteroatoms. The number of aromatic nitrogens is 3. The number of carbonyl (C=O) groups is 1. The lowest BCUT2D eigenvalue weighted by molar-refractivity contribution is -0.124. The molecule has 2 aromatic heterocycles. The number of fused-ring (bicyclic) bond motifs is 1. The molecule has 0 radical (unpaired) electrons. The SMILES string of the molecule is C[C@H]1C[C@@H](CC(=O)C2CCCN2C)CN(c2ccnc3nccnc23)C1. The maximum absolute atomic E-state index is 12.8. The summed E-state index contributed by atoms with van der Waals surface area (Å²) in [5.41, 5.74) is 2.62. The Kier molecular flexibility index (Phi) is 4.85. The van der Waals surface area contributed by atoms with Crippen LogP contribution in [0.5, 0.6) is 0 Å². The van der Waals surface area contributed by atoms with E-state index < -0.39 is 0 Å². The van der Waals surface area contributed by atoms with Gasteiger partial charge in [-0.3, -0.25) is 9.69 Å². The van der Waals surface area contributed by atoms with Gasteiger partial charge in [-0.15, -0.1) is 0 Å². The van der Waals surface area contributed by atoms with Crippen molar-refractivity contribution in [2.45, 2.75) is 38.6 Å². The first-order chi connectivity index (χ1) is 12.6. The van der Waals surface area contributed by atoms with Crippen LogP contribution in [0.3, 0.4) is 0 Å². The van der Waals surface area contributed by atoms with E-state index >= 15 is 0 Å². The third-order valence-corrected chi connectivity index (χ3v) is 5.82. The van der Waals surface area contributed by atoms with Crippen LogP contribution in [0.25, 0.3) is 11.2 Å². The maximum atomic E-state index is 12.8. The Labute approximate surface area is 154 Å². The average molecular weight is 353 g/mol. The molecule has 2 fully saturated rings. The van der Waals surface area contributed by atoms with Crippen LogP contribution in [0.15, 0.2) is 24.7 Å². The van der Waals surface area contributed by atoms with E-state index in [0.717, 1.165) is 50.1 Å². The molecule has 2 aliphatic heterocycles. The number of hydrogen-bond donors (Lipinski definition) is 0. The van der Waals surface area contributed by atoms with Gasteiger partial charge < -0.3 is 4.90 Å². The molecule has 1 unspecified atom stereocenters. The fourth-order valence-electron chi connectivity index (χ4n) is 4.68. The second-order valence-corrected chi connectivity index (χ2v) is 7.98. The summed E-state index contributed by atoms with van der Waals surface area (Å²) in [7, 11) is 2.08. The molecule has 0 aromatic carbocycles. The molecular formula is C20H27N5O. The van der Waals surface area contributed by atoms with Gasteiger partial charge >= 0.3 is 0 Å². The second-order valence-electron chi connectivity index (χ2n) is 7.98. The van der Waals surface area contributed by atoms with Crippen molar-refractivity contribution >= 4 is 22.6 Å². The van der Waals surface area contributed by atoms with Crippen molar-refractivity contribution in [3.05, 3.63) is 24.7 Å². The highest BCUT2D eigenvalue weighted by Gasteiger charge is 2.32. The molecule has 0 aliphatic carbocycles. The molecule has 26 heavy (non-hydrogen) atoms. The van der Waals surface area contributed by atoms with Gasteiger partial charge in [0.05, 0.1) is 11.7 Å². The van der Waals surface area contributed by atoms with E-state index in [1.54, 1.807) is 18.6 Å². The van der Waals surface area contributed by atoms with Crippen molar-refractivity contribution < 1.29 is 4.79 Å². The Morgan fingerprint density at radius 3 is 2.81 bits per heavy atom.